The second kappa shape index (κ2) is 10.3. The summed E-state index contributed by atoms with van der Waals surface area (Å²) >= 11 is 0. The van der Waals surface area contributed by atoms with Gasteiger partial charge in [0.2, 0.25) is 0 Å². The van der Waals surface area contributed by atoms with Gasteiger partial charge in [0.15, 0.2) is 17.6 Å². The number of methoxy groups -OCH3 is 1. The maximum Gasteiger partial charge on any atom is 0.331 e. The largest absolute Gasteiger partial charge is 0.504 e. The molecule has 6 nitrogen and oxygen atoms in total. The minimum absolute atomic E-state index is 0.00944. The zero-order valence-electron chi connectivity index (χ0n) is 17.1. The Morgan fingerprint density at radius 3 is 2.59 bits per heavy atom. The number of phenolic OH excluding ortho intramolecular Hbond substituents is 1. The highest BCUT2D eigenvalue weighted by Crippen LogP contribution is 2.27. The SMILES string of the molecule is CC[C@@H](C)c1ccccc1NC(=O)[C@H](C)OC(=O)/C=C/c1ccc(O)c(OC)c1. The lowest BCUT2D eigenvalue weighted by Gasteiger charge is -2.17. The minimum atomic E-state index is -0.952. The van der Waals surface area contributed by atoms with E-state index in [4.69, 9.17) is 9.47 Å². The first-order valence-electron chi connectivity index (χ1n) is 9.51. The van der Waals surface area contributed by atoms with Crippen LogP contribution in [0.25, 0.3) is 6.08 Å². The van der Waals surface area contributed by atoms with Gasteiger partial charge in [0.05, 0.1) is 7.11 Å². The van der Waals surface area contributed by atoms with E-state index in [1.165, 1.54) is 32.3 Å². The lowest BCUT2D eigenvalue weighted by molar-refractivity contribution is -0.148. The topological polar surface area (TPSA) is 84.9 Å². The van der Waals surface area contributed by atoms with Gasteiger partial charge in [-0.1, -0.05) is 38.1 Å². The van der Waals surface area contributed by atoms with E-state index in [1.807, 2.05) is 24.3 Å². The molecule has 2 aromatic rings. The third-order valence-corrected chi connectivity index (χ3v) is 4.64. The van der Waals surface area contributed by atoms with E-state index < -0.39 is 18.0 Å². The molecule has 2 atom stereocenters. The molecule has 2 N–H and O–H groups in total. The summed E-state index contributed by atoms with van der Waals surface area (Å²) in [5.41, 5.74) is 2.42. The van der Waals surface area contributed by atoms with E-state index in [9.17, 15) is 14.7 Å². The van der Waals surface area contributed by atoms with Crippen molar-refractivity contribution in [1.29, 1.82) is 0 Å². The maximum atomic E-state index is 12.4. The van der Waals surface area contributed by atoms with E-state index in [1.54, 1.807) is 12.1 Å². The normalized spacial score (nSPS) is 13.0. The Morgan fingerprint density at radius 1 is 1.17 bits per heavy atom. The van der Waals surface area contributed by atoms with Gasteiger partial charge >= 0.3 is 5.97 Å². The van der Waals surface area contributed by atoms with Gasteiger partial charge in [-0.3, -0.25) is 4.79 Å². The fourth-order valence-electron chi connectivity index (χ4n) is 2.72. The number of anilines is 1. The predicted octanol–water partition coefficient (Wildman–Crippen LogP) is 4.50. The molecule has 0 aliphatic carbocycles. The molecule has 1 amide bonds. The van der Waals surface area contributed by atoms with Crippen molar-refractivity contribution in [2.45, 2.75) is 39.2 Å². The van der Waals surface area contributed by atoms with Crippen molar-refractivity contribution < 1.29 is 24.2 Å². The number of aromatic hydroxyl groups is 1. The van der Waals surface area contributed by atoms with Gasteiger partial charge in [-0.2, -0.15) is 0 Å². The van der Waals surface area contributed by atoms with Crippen LogP contribution >= 0.6 is 0 Å². The zero-order chi connectivity index (χ0) is 21.4. The third kappa shape index (κ3) is 6.10. The zero-order valence-corrected chi connectivity index (χ0v) is 17.1. The van der Waals surface area contributed by atoms with Crippen LogP contribution in [0.4, 0.5) is 5.69 Å². The summed E-state index contributed by atoms with van der Waals surface area (Å²) in [5.74, 6) is -0.429. The summed E-state index contributed by atoms with van der Waals surface area (Å²) in [6, 6.07) is 12.3. The van der Waals surface area contributed by atoms with Crippen LogP contribution in [0.3, 0.4) is 0 Å². The minimum Gasteiger partial charge on any atom is -0.504 e. The fourth-order valence-corrected chi connectivity index (χ4v) is 2.72. The maximum absolute atomic E-state index is 12.4. The average Bonchev–Trinajstić information content (AvgIpc) is 2.72. The molecular weight excluding hydrogens is 370 g/mol. The Labute approximate surface area is 171 Å². The van der Waals surface area contributed by atoms with E-state index in [0.717, 1.165) is 17.7 Å². The summed E-state index contributed by atoms with van der Waals surface area (Å²) in [6.45, 7) is 5.71. The molecule has 6 heteroatoms. The summed E-state index contributed by atoms with van der Waals surface area (Å²) in [7, 11) is 1.44. The number of hydrogen-bond donors (Lipinski definition) is 2. The van der Waals surface area contributed by atoms with Gasteiger partial charge in [0, 0.05) is 11.8 Å². The summed E-state index contributed by atoms with van der Waals surface area (Å²) < 4.78 is 10.2. The quantitative estimate of drug-likeness (QED) is 0.506. The van der Waals surface area contributed by atoms with Crippen LogP contribution in [-0.2, 0) is 14.3 Å². The molecule has 0 aliphatic rings. The lowest BCUT2D eigenvalue weighted by atomic mass is 9.97. The molecule has 2 aromatic carbocycles. The first kappa shape index (κ1) is 22.0. The average molecular weight is 397 g/mol. The van der Waals surface area contributed by atoms with Gasteiger partial charge < -0.3 is 19.9 Å². The van der Waals surface area contributed by atoms with E-state index in [-0.39, 0.29) is 5.75 Å². The highest BCUT2D eigenvalue weighted by atomic mass is 16.5. The molecule has 0 saturated carbocycles. The number of nitrogens with one attached hydrogen (secondary N) is 1. The Hall–Kier alpha value is -3.28. The van der Waals surface area contributed by atoms with E-state index in [2.05, 4.69) is 19.2 Å². The van der Waals surface area contributed by atoms with Crippen molar-refractivity contribution in [2.75, 3.05) is 12.4 Å². The van der Waals surface area contributed by atoms with E-state index >= 15 is 0 Å². The molecule has 2 rings (SSSR count). The number of esters is 1. The van der Waals surface area contributed by atoms with Gasteiger partial charge in [-0.15, -0.1) is 0 Å². The molecule has 0 spiro atoms. The molecule has 0 unspecified atom stereocenters. The molecular formula is C23H27NO5. The summed E-state index contributed by atoms with van der Waals surface area (Å²) in [4.78, 5) is 24.5. The first-order chi connectivity index (χ1) is 13.8. The van der Waals surface area contributed by atoms with Crippen LogP contribution in [0, 0.1) is 0 Å². The number of para-hydroxylation sites is 1. The molecule has 154 valence electrons. The highest BCUT2D eigenvalue weighted by Gasteiger charge is 2.18. The number of phenols is 1. The van der Waals surface area contributed by atoms with Crippen molar-refractivity contribution in [3.8, 4) is 11.5 Å². The second-order valence-corrected chi connectivity index (χ2v) is 6.73. The van der Waals surface area contributed by atoms with Crippen molar-refractivity contribution in [1.82, 2.24) is 0 Å². The number of rotatable bonds is 8. The van der Waals surface area contributed by atoms with Crippen LogP contribution in [0.5, 0.6) is 11.5 Å². The van der Waals surface area contributed by atoms with Gasteiger partial charge in [-0.05, 0) is 54.7 Å². The molecule has 0 radical (unpaired) electrons. The number of amides is 1. The number of hydrogen-bond acceptors (Lipinski definition) is 5. The standard InChI is InChI=1S/C23H27NO5/c1-5-15(2)18-8-6-7-9-19(18)24-23(27)16(3)29-22(26)13-11-17-10-12-20(25)21(14-17)28-4/h6-16,25H,5H2,1-4H3,(H,24,27)/b13-11+/t15-,16+/m1/s1. The molecule has 0 heterocycles. The monoisotopic (exact) mass is 397 g/mol. The van der Waals surface area contributed by atoms with Crippen LogP contribution in [-0.4, -0.2) is 30.2 Å². The fraction of sp³-hybridized carbons (Fsp3) is 0.304. The number of carbonyl (C=O) groups is 2. The third-order valence-electron chi connectivity index (χ3n) is 4.64. The van der Waals surface area contributed by atoms with Gasteiger partial charge in [0.25, 0.3) is 5.91 Å². The Kier molecular flexibility index (Phi) is 7.83. The van der Waals surface area contributed by atoms with Crippen molar-refractivity contribution in [3.05, 3.63) is 59.7 Å². The first-order valence-corrected chi connectivity index (χ1v) is 9.51. The van der Waals surface area contributed by atoms with Crippen LogP contribution in [0.1, 0.15) is 44.2 Å². The molecule has 0 fully saturated rings. The molecule has 29 heavy (non-hydrogen) atoms. The molecule has 0 saturated heterocycles. The number of ether oxygens (including phenoxy) is 2. The van der Waals surface area contributed by atoms with E-state index in [0.29, 0.717) is 17.2 Å². The second-order valence-electron chi connectivity index (χ2n) is 6.73. The van der Waals surface area contributed by atoms with Crippen molar-refractivity contribution >= 4 is 23.6 Å². The Morgan fingerprint density at radius 2 is 1.90 bits per heavy atom. The van der Waals surface area contributed by atoms with Crippen LogP contribution in [0.15, 0.2) is 48.5 Å². The Bertz CT molecular complexity index is 891. The van der Waals surface area contributed by atoms with Crippen LogP contribution < -0.4 is 10.1 Å². The molecule has 0 aromatic heterocycles. The Balaban J connectivity index is 1.98. The van der Waals surface area contributed by atoms with Gasteiger partial charge in [-0.25, -0.2) is 4.79 Å². The van der Waals surface area contributed by atoms with Crippen LogP contribution in [0.2, 0.25) is 0 Å². The van der Waals surface area contributed by atoms with Crippen molar-refractivity contribution in [2.24, 2.45) is 0 Å². The van der Waals surface area contributed by atoms with Gasteiger partial charge in [0.1, 0.15) is 0 Å². The summed E-state index contributed by atoms with van der Waals surface area (Å²) in [5, 5.41) is 12.4. The highest BCUT2D eigenvalue weighted by molar-refractivity contribution is 5.97. The predicted molar refractivity (Wildman–Crippen MR) is 113 cm³/mol. The smallest absolute Gasteiger partial charge is 0.331 e. The number of benzene rings is 2. The lowest BCUT2D eigenvalue weighted by Crippen LogP contribution is -2.29. The summed E-state index contributed by atoms with van der Waals surface area (Å²) in [6.07, 6.45) is 2.74. The molecule has 0 aliphatic heterocycles. The molecule has 0 bridgehead atoms. The number of carbonyl (C=O) groups excluding carboxylic acids is 2. The van der Waals surface area contributed by atoms with Crippen molar-refractivity contribution in [3.63, 3.8) is 0 Å².